The highest BCUT2D eigenvalue weighted by atomic mass is 16.5. The Balaban J connectivity index is 1.48. The monoisotopic (exact) mass is 978 g/mol. The van der Waals surface area contributed by atoms with Gasteiger partial charge in [-0.15, -0.1) is 0 Å². The van der Waals surface area contributed by atoms with Crippen LogP contribution in [-0.4, -0.2) is 160 Å². The first kappa shape index (κ1) is 53.6. The number of hydrogen-bond acceptors (Lipinski definition) is 18. The van der Waals surface area contributed by atoms with E-state index in [1.807, 2.05) is 0 Å². The van der Waals surface area contributed by atoms with Crippen LogP contribution in [0.1, 0.15) is 86.2 Å². The number of carbonyl (C=O) groups excluding carboxylic acids is 10. The zero-order chi connectivity index (χ0) is 52.4. The van der Waals surface area contributed by atoms with Gasteiger partial charge in [0, 0.05) is 24.9 Å². The standard InChI is InChI=1S/C46H58N8O16/c1-17(2)29(43(64)53-14-13-26(58)35(53)46(67)69-10)49-42(63)32(22(8)56)52-40(61)27-28(47)36(59)20(6)38-34(27)48-33-24(12-11-19(5)37(33)70-38)39(60)51-31(21(7)55)41(62)50-30(18(3)4)44(65)54-16-23(57)15-25(54)45(66)68-9/h11-12,17-18,21-22,25,29-32,35,55-56H,13-16,47H2,1-10H3,(H,49,63)(H,50,62)(H,51,60)(H,52,61). The maximum atomic E-state index is 14.3. The number of nitrogens with two attached hydrogens (primary N) is 1. The molecule has 0 radical (unpaired) electrons. The van der Waals surface area contributed by atoms with Gasteiger partial charge in [0.2, 0.25) is 29.1 Å². The highest BCUT2D eigenvalue weighted by molar-refractivity contribution is 6.11. The summed E-state index contributed by atoms with van der Waals surface area (Å²) in [5.41, 5.74) is 3.49. The lowest BCUT2D eigenvalue weighted by atomic mass is 9.98. The normalized spacial score (nSPS) is 18.5. The Hall–Kier alpha value is -7.34. The van der Waals surface area contributed by atoms with Gasteiger partial charge in [-0.1, -0.05) is 33.8 Å². The van der Waals surface area contributed by atoms with Crippen molar-refractivity contribution < 1.29 is 72.0 Å². The van der Waals surface area contributed by atoms with Gasteiger partial charge in [0.15, 0.2) is 29.0 Å². The minimum atomic E-state index is -1.83. The van der Waals surface area contributed by atoms with Gasteiger partial charge < -0.3 is 60.9 Å². The van der Waals surface area contributed by atoms with E-state index in [4.69, 9.17) is 19.6 Å². The maximum absolute atomic E-state index is 14.3. The summed E-state index contributed by atoms with van der Waals surface area (Å²) in [6.45, 7) is 11.1. The molecule has 0 bridgehead atoms. The molecule has 2 fully saturated rings. The topological polar surface area (TPSA) is 353 Å². The molecule has 378 valence electrons. The molecule has 24 nitrogen and oxygen atoms in total. The molecule has 1 aromatic rings. The molecule has 24 heteroatoms. The van der Waals surface area contributed by atoms with E-state index in [9.17, 15) is 63.0 Å². The van der Waals surface area contributed by atoms with Crippen molar-refractivity contribution in [2.24, 2.45) is 11.8 Å². The molecule has 3 heterocycles. The number of aryl methyl sites for hydroxylation is 1. The quantitative estimate of drug-likeness (QED) is 0.0368. The Morgan fingerprint density at radius 2 is 1.29 bits per heavy atom. The van der Waals surface area contributed by atoms with E-state index in [0.29, 0.717) is 5.56 Å². The SMILES string of the molecule is COC(=O)C1CC(=O)CN1C(=O)C(NC(=O)C(NC(=O)c1ccc(C)c2oc3c(C)c(=O)c(N)c(C(=O)NC(C(=O)NC(C(=O)N4CCC(=O)C4C(=O)OC)C(C)C)C(C)O)c-3nc12)C(C)O)C(C)C. The van der Waals surface area contributed by atoms with Crippen molar-refractivity contribution in [1.82, 2.24) is 36.1 Å². The number of methoxy groups -OCH3 is 2. The lowest BCUT2D eigenvalue weighted by molar-refractivity contribution is -0.154. The summed E-state index contributed by atoms with van der Waals surface area (Å²) in [7, 11) is 2.15. The highest BCUT2D eigenvalue weighted by Gasteiger charge is 2.46. The van der Waals surface area contributed by atoms with Gasteiger partial charge in [0.25, 0.3) is 11.8 Å². The number of hydrogen-bond donors (Lipinski definition) is 7. The second-order valence-electron chi connectivity index (χ2n) is 18.0. The van der Waals surface area contributed by atoms with Gasteiger partial charge in [0.1, 0.15) is 41.4 Å². The first-order valence-corrected chi connectivity index (χ1v) is 22.3. The van der Waals surface area contributed by atoms with Crippen LogP contribution in [0.2, 0.25) is 0 Å². The van der Waals surface area contributed by atoms with Gasteiger partial charge in [-0.2, -0.15) is 0 Å². The molecular formula is C46H58N8O16. The van der Waals surface area contributed by atoms with Crippen LogP contribution in [-0.2, 0) is 47.8 Å². The van der Waals surface area contributed by atoms with E-state index in [0.717, 1.165) is 30.9 Å². The largest absolute Gasteiger partial charge is 0.467 e. The van der Waals surface area contributed by atoms with Gasteiger partial charge in [0.05, 0.1) is 49.8 Å². The number of anilines is 1. The minimum Gasteiger partial charge on any atom is -0.467 e. The third-order valence-electron chi connectivity index (χ3n) is 12.3. The molecule has 1 aliphatic carbocycles. The molecule has 0 saturated carbocycles. The summed E-state index contributed by atoms with van der Waals surface area (Å²) < 4.78 is 15.7. The molecule has 8 atom stereocenters. The highest BCUT2D eigenvalue weighted by Crippen LogP contribution is 2.35. The Labute approximate surface area is 400 Å². The van der Waals surface area contributed by atoms with Crippen LogP contribution in [0, 0.1) is 25.7 Å². The number of aliphatic hydroxyl groups excluding tert-OH is 2. The number of Topliss-reactive ketones (excluding diaryl/α,β-unsaturated/α-hetero) is 2. The molecule has 5 rings (SSSR count). The van der Waals surface area contributed by atoms with Gasteiger partial charge in [-0.3, -0.25) is 43.2 Å². The number of nitrogens with one attached hydrogen (secondary N) is 4. The first-order chi connectivity index (χ1) is 32.8. The Kier molecular flexibility index (Phi) is 16.5. The van der Waals surface area contributed by atoms with Crippen LogP contribution in [0.3, 0.4) is 0 Å². The van der Waals surface area contributed by atoms with Crippen LogP contribution in [0.25, 0.3) is 22.6 Å². The molecule has 8 N–H and O–H groups in total. The summed E-state index contributed by atoms with van der Waals surface area (Å²) in [6.07, 6.45) is -3.66. The number of fused-ring (bicyclic) bond motifs is 2. The third kappa shape index (κ3) is 10.6. The molecule has 2 saturated heterocycles. The van der Waals surface area contributed by atoms with E-state index < -0.39 is 142 Å². The number of nitrogen functional groups attached to an aromatic ring is 1. The van der Waals surface area contributed by atoms with Gasteiger partial charge >= 0.3 is 11.9 Å². The average Bonchev–Trinajstić information content (AvgIpc) is 3.90. The van der Waals surface area contributed by atoms with E-state index in [-0.39, 0.29) is 53.1 Å². The van der Waals surface area contributed by atoms with Crippen molar-refractivity contribution >= 4 is 75.7 Å². The molecule has 0 spiro atoms. The number of ketones is 2. The summed E-state index contributed by atoms with van der Waals surface area (Å²) in [5, 5.41) is 31.4. The van der Waals surface area contributed by atoms with Gasteiger partial charge in [-0.05, 0) is 51.2 Å². The van der Waals surface area contributed by atoms with E-state index >= 15 is 0 Å². The molecule has 1 aromatic carbocycles. The van der Waals surface area contributed by atoms with Gasteiger partial charge in [-0.25, -0.2) is 14.6 Å². The van der Waals surface area contributed by atoms with Crippen molar-refractivity contribution in [1.29, 1.82) is 0 Å². The fraction of sp³-hybridized carbons (Fsp3) is 0.522. The van der Waals surface area contributed by atoms with Crippen molar-refractivity contribution in [3.8, 4) is 11.5 Å². The number of likely N-dealkylation sites (tertiary alicyclic amines) is 2. The van der Waals surface area contributed by atoms with Crippen LogP contribution < -0.4 is 32.4 Å². The van der Waals surface area contributed by atoms with E-state index in [1.54, 1.807) is 34.6 Å². The van der Waals surface area contributed by atoms with Crippen molar-refractivity contribution in [3.05, 3.63) is 44.6 Å². The Morgan fingerprint density at radius 1 is 0.757 bits per heavy atom. The molecule has 3 aliphatic heterocycles. The molecule has 4 aliphatic rings. The number of benzene rings is 2. The average molecular weight is 979 g/mol. The second-order valence-corrected chi connectivity index (χ2v) is 18.0. The Morgan fingerprint density at radius 3 is 1.80 bits per heavy atom. The predicted octanol–water partition coefficient (Wildman–Crippen LogP) is -1.58. The summed E-state index contributed by atoms with van der Waals surface area (Å²) >= 11 is 0. The lowest BCUT2D eigenvalue weighted by Crippen LogP contribution is -2.60. The lowest BCUT2D eigenvalue weighted by Gasteiger charge is -2.31. The van der Waals surface area contributed by atoms with Crippen LogP contribution >= 0.6 is 0 Å². The fourth-order valence-corrected chi connectivity index (χ4v) is 8.27. The summed E-state index contributed by atoms with van der Waals surface area (Å²) in [5.74, 6) is -10.2. The number of rotatable bonds is 16. The molecule has 0 aromatic heterocycles. The summed E-state index contributed by atoms with van der Waals surface area (Å²) in [4.78, 5) is 153. The number of aromatic nitrogens is 1. The smallest absolute Gasteiger partial charge is 0.336 e. The second kappa shape index (κ2) is 21.5. The number of carbonyl (C=O) groups is 10. The fourth-order valence-electron chi connectivity index (χ4n) is 8.27. The number of esters is 2. The molecule has 70 heavy (non-hydrogen) atoms. The van der Waals surface area contributed by atoms with Crippen molar-refractivity contribution in [2.45, 2.75) is 117 Å². The van der Waals surface area contributed by atoms with E-state index in [2.05, 4.69) is 26.3 Å². The van der Waals surface area contributed by atoms with Crippen LogP contribution in [0.4, 0.5) is 5.69 Å². The molecular weight excluding hydrogens is 921 g/mol. The van der Waals surface area contributed by atoms with Crippen molar-refractivity contribution in [3.63, 3.8) is 0 Å². The van der Waals surface area contributed by atoms with E-state index in [1.165, 1.54) is 26.0 Å². The summed E-state index contributed by atoms with van der Waals surface area (Å²) in [6, 6.07) is -6.25. The minimum absolute atomic E-state index is 0.0533. The number of amides is 6. The number of nitrogens with zero attached hydrogens (tertiary/aromatic N) is 3. The zero-order valence-corrected chi connectivity index (χ0v) is 40.3. The van der Waals surface area contributed by atoms with Crippen LogP contribution in [0.5, 0.6) is 0 Å². The third-order valence-corrected chi connectivity index (χ3v) is 12.3. The Bertz CT molecular complexity index is 2680. The molecule has 8 unspecified atom stereocenters. The first-order valence-electron chi connectivity index (χ1n) is 22.3. The number of aliphatic hydroxyl groups is 2. The molecule has 6 amide bonds. The van der Waals surface area contributed by atoms with Crippen LogP contribution in [0.15, 0.2) is 21.3 Å². The maximum Gasteiger partial charge on any atom is 0.336 e. The number of ether oxygens (including phenoxy) is 2. The zero-order valence-electron chi connectivity index (χ0n) is 40.3. The predicted molar refractivity (Wildman–Crippen MR) is 244 cm³/mol. The van der Waals surface area contributed by atoms with Crippen molar-refractivity contribution in [2.75, 3.05) is 33.0 Å².